The topological polar surface area (TPSA) is 26.1 Å². The van der Waals surface area contributed by atoms with Crippen molar-refractivity contribution in [1.29, 1.82) is 0 Å². The van der Waals surface area contributed by atoms with Crippen molar-refractivity contribution in [3.05, 3.63) is 5.21 Å². The molecule has 90 valence electrons. The van der Waals surface area contributed by atoms with Gasteiger partial charge in [0.2, 0.25) is 0 Å². The third-order valence-electron chi connectivity index (χ3n) is 2.76. The Kier molecular flexibility index (Phi) is 11.1. The fourth-order valence-electron chi connectivity index (χ4n) is 1.78. The zero-order valence-electron chi connectivity index (χ0n) is 10.3. The summed E-state index contributed by atoms with van der Waals surface area (Å²) in [4.78, 5) is 0. The fourth-order valence-corrected chi connectivity index (χ4v) is 1.78. The Balaban J connectivity index is 2.89. The van der Waals surface area contributed by atoms with E-state index in [-0.39, 0.29) is 0 Å². The van der Waals surface area contributed by atoms with Crippen LogP contribution in [0.1, 0.15) is 71.1 Å². The molecule has 0 saturated carbocycles. The van der Waals surface area contributed by atoms with Crippen molar-refractivity contribution in [3.8, 4) is 0 Å². The molecule has 0 spiro atoms. The van der Waals surface area contributed by atoms with Crippen LogP contribution in [0.15, 0.2) is 0 Å². The summed E-state index contributed by atoms with van der Waals surface area (Å²) < 4.78 is 0.782. The van der Waals surface area contributed by atoms with Crippen LogP contribution in [0.5, 0.6) is 0 Å². The van der Waals surface area contributed by atoms with Gasteiger partial charge in [-0.15, -0.1) is 0 Å². The summed E-state index contributed by atoms with van der Waals surface area (Å²) in [6.07, 6.45) is 13.1. The molecular formula is C13H27NO. The summed E-state index contributed by atoms with van der Waals surface area (Å²) >= 11 is 0. The van der Waals surface area contributed by atoms with E-state index in [1.54, 1.807) is 0 Å². The maximum atomic E-state index is 10.5. The smallest absolute Gasteiger partial charge is 0.152 e. The fraction of sp³-hybridized carbons (Fsp3) is 0.923. The van der Waals surface area contributed by atoms with E-state index in [0.29, 0.717) is 6.54 Å². The van der Waals surface area contributed by atoms with Gasteiger partial charge in [-0.2, -0.15) is 0 Å². The van der Waals surface area contributed by atoms with E-state index in [2.05, 4.69) is 13.6 Å². The number of unbranched alkanes of at least 4 members (excludes halogenated alkanes) is 9. The summed E-state index contributed by atoms with van der Waals surface area (Å²) in [5, 5.41) is 10.5. The first-order valence-corrected chi connectivity index (χ1v) is 6.52. The Morgan fingerprint density at radius 1 is 0.800 bits per heavy atom. The lowest BCUT2D eigenvalue weighted by Crippen LogP contribution is -2.01. The molecule has 0 amide bonds. The van der Waals surface area contributed by atoms with Crippen LogP contribution in [-0.4, -0.2) is 18.0 Å². The molecule has 15 heavy (non-hydrogen) atoms. The average Bonchev–Trinajstić information content (AvgIpc) is 2.20. The van der Waals surface area contributed by atoms with Crippen LogP contribution in [0.3, 0.4) is 0 Å². The number of nitrogens with zero attached hydrogens (tertiary/aromatic N) is 1. The van der Waals surface area contributed by atoms with E-state index in [1.165, 1.54) is 57.8 Å². The van der Waals surface area contributed by atoms with E-state index in [1.807, 2.05) is 0 Å². The third-order valence-corrected chi connectivity index (χ3v) is 2.76. The van der Waals surface area contributed by atoms with Crippen LogP contribution < -0.4 is 0 Å². The highest BCUT2D eigenvalue weighted by Gasteiger charge is 1.93. The van der Waals surface area contributed by atoms with Crippen molar-refractivity contribution in [2.24, 2.45) is 0 Å². The summed E-state index contributed by atoms with van der Waals surface area (Å²) in [5.41, 5.74) is 0. The predicted molar refractivity (Wildman–Crippen MR) is 67.5 cm³/mol. The molecule has 2 nitrogen and oxygen atoms in total. The SMILES string of the molecule is C=[N+]([O-])CCCCCCCCCCCC. The van der Waals surface area contributed by atoms with Gasteiger partial charge >= 0.3 is 0 Å². The first kappa shape index (κ1) is 14.5. The van der Waals surface area contributed by atoms with Crippen LogP contribution >= 0.6 is 0 Å². The summed E-state index contributed by atoms with van der Waals surface area (Å²) in [7, 11) is 0. The lowest BCUT2D eigenvalue weighted by molar-refractivity contribution is -0.449. The number of rotatable bonds is 11. The molecule has 0 aliphatic rings. The van der Waals surface area contributed by atoms with Crippen molar-refractivity contribution in [3.63, 3.8) is 0 Å². The van der Waals surface area contributed by atoms with Gasteiger partial charge in [-0.1, -0.05) is 58.3 Å². The largest absolute Gasteiger partial charge is 0.624 e. The van der Waals surface area contributed by atoms with Gasteiger partial charge in [-0.05, 0) is 6.42 Å². The van der Waals surface area contributed by atoms with Crippen molar-refractivity contribution < 1.29 is 4.74 Å². The molecule has 0 rings (SSSR count). The molecule has 0 N–H and O–H groups in total. The lowest BCUT2D eigenvalue weighted by Gasteiger charge is -2.02. The third kappa shape index (κ3) is 13.5. The second kappa shape index (κ2) is 11.5. The molecular weight excluding hydrogens is 186 g/mol. The lowest BCUT2D eigenvalue weighted by atomic mass is 10.1. The Bertz CT molecular complexity index is 145. The molecule has 0 aromatic carbocycles. The summed E-state index contributed by atoms with van der Waals surface area (Å²) in [6.45, 7) is 6.14. The van der Waals surface area contributed by atoms with Crippen LogP contribution in [0, 0.1) is 5.21 Å². The first-order chi connectivity index (χ1) is 7.27. The Labute approximate surface area is 95.0 Å². The highest BCUT2D eigenvalue weighted by molar-refractivity contribution is 5.14. The molecule has 0 heterocycles. The van der Waals surface area contributed by atoms with Crippen LogP contribution in [0.2, 0.25) is 0 Å². The minimum atomic E-state index is 0.594. The van der Waals surface area contributed by atoms with Gasteiger partial charge in [0.1, 0.15) is 6.72 Å². The van der Waals surface area contributed by atoms with Gasteiger partial charge in [0, 0.05) is 6.42 Å². The van der Waals surface area contributed by atoms with Crippen LogP contribution in [-0.2, 0) is 0 Å². The highest BCUT2D eigenvalue weighted by Crippen LogP contribution is 2.10. The standard InChI is InChI=1S/C13H27NO/c1-3-4-5-6-7-8-9-10-11-12-13-14(2)15/h2-13H2,1H3. The monoisotopic (exact) mass is 213 g/mol. The van der Waals surface area contributed by atoms with Crippen molar-refractivity contribution in [2.45, 2.75) is 71.1 Å². The maximum absolute atomic E-state index is 10.5. The molecule has 0 aromatic heterocycles. The maximum Gasteiger partial charge on any atom is 0.152 e. The highest BCUT2D eigenvalue weighted by atomic mass is 16.5. The van der Waals surface area contributed by atoms with Gasteiger partial charge in [-0.3, -0.25) is 0 Å². The molecule has 2 heteroatoms. The molecule has 0 radical (unpaired) electrons. The zero-order chi connectivity index (χ0) is 11.4. The van der Waals surface area contributed by atoms with Crippen molar-refractivity contribution >= 4 is 6.72 Å². The quantitative estimate of drug-likeness (QED) is 0.167. The molecule has 0 bridgehead atoms. The van der Waals surface area contributed by atoms with E-state index in [0.717, 1.165) is 11.2 Å². The molecule has 0 aliphatic heterocycles. The van der Waals surface area contributed by atoms with Gasteiger partial charge < -0.3 is 5.21 Å². The van der Waals surface area contributed by atoms with Gasteiger partial charge in [0.15, 0.2) is 6.54 Å². The van der Waals surface area contributed by atoms with Crippen molar-refractivity contribution in [1.82, 2.24) is 0 Å². The zero-order valence-corrected chi connectivity index (χ0v) is 10.3. The second-order valence-electron chi connectivity index (χ2n) is 4.39. The average molecular weight is 213 g/mol. The Morgan fingerprint density at radius 2 is 1.20 bits per heavy atom. The van der Waals surface area contributed by atoms with E-state index in [9.17, 15) is 5.21 Å². The summed E-state index contributed by atoms with van der Waals surface area (Å²) in [6, 6.07) is 0. The van der Waals surface area contributed by atoms with Crippen LogP contribution in [0.25, 0.3) is 0 Å². The number of hydroxylamine groups is 1. The Hall–Kier alpha value is -0.530. The molecule has 0 saturated heterocycles. The number of hydrogen-bond acceptors (Lipinski definition) is 1. The first-order valence-electron chi connectivity index (χ1n) is 6.52. The molecule has 0 fully saturated rings. The number of hydrogen-bond donors (Lipinski definition) is 0. The molecule has 0 atom stereocenters. The van der Waals surface area contributed by atoms with Gasteiger partial charge in [0.25, 0.3) is 0 Å². The van der Waals surface area contributed by atoms with Gasteiger partial charge in [-0.25, -0.2) is 4.74 Å². The molecule has 0 unspecified atom stereocenters. The predicted octanol–water partition coefficient (Wildman–Crippen LogP) is 4.12. The van der Waals surface area contributed by atoms with E-state index < -0.39 is 0 Å². The molecule has 0 aromatic rings. The Morgan fingerprint density at radius 3 is 1.60 bits per heavy atom. The van der Waals surface area contributed by atoms with Crippen LogP contribution in [0.4, 0.5) is 0 Å². The van der Waals surface area contributed by atoms with E-state index in [4.69, 9.17) is 0 Å². The molecule has 0 aliphatic carbocycles. The summed E-state index contributed by atoms with van der Waals surface area (Å²) in [5.74, 6) is 0. The minimum absolute atomic E-state index is 0.594. The normalized spacial score (nSPS) is 10.5. The second-order valence-corrected chi connectivity index (χ2v) is 4.39. The van der Waals surface area contributed by atoms with Gasteiger partial charge in [0.05, 0.1) is 0 Å². The van der Waals surface area contributed by atoms with E-state index >= 15 is 0 Å². The minimum Gasteiger partial charge on any atom is -0.624 e. The van der Waals surface area contributed by atoms with Crippen molar-refractivity contribution in [2.75, 3.05) is 6.54 Å².